The van der Waals surface area contributed by atoms with Crippen molar-refractivity contribution >= 4 is 0 Å². The molecule has 0 bridgehead atoms. The molecule has 2 aromatic carbocycles. The van der Waals surface area contributed by atoms with Crippen molar-refractivity contribution in [2.75, 3.05) is 6.61 Å². The van der Waals surface area contributed by atoms with Gasteiger partial charge in [0, 0.05) is 12.1 Å². The van der Waals surface area contributed by atoms with Gasteiger partial charge in [0.1, 0.15) is 11.6 Å². The zero-order chi connectivity index (χ0) is 18.4. The van der Waals surface area contributed by atoms with Gasteiger partial charge in [0.25, 0.3) is 0 Å². The first-order valence-corrected chi connectivity index (χ1v) is 8.24. The summed E-state index contributed by atoms with van der Waals surface area (Å²) in [5.41, 5.74) is 2.04. The van der Waals surface area contributed by atoms with Crippen molar-refractivity contribution in [2.45, 2.75) is 19.9 Å². The van der Waals surface area contributed by atoms with Crippen molar-refractivity contribution in [1.29, 1.82) is 10.5 Å². The third-order valence-corrected chi connectivity index (χ3v) is 3.94. The molecule has 0 saturated carbocycles. The first kappa shape index (κ1) is 17.2. The minimum absolute atomic E-state index is 0.518. The zero-order valence-corrected chi connectivity index (χ0v) is 14.4. The van der Waals surface area contributed by atoms with E-state index in [1.807, 2.05) is 35.8 Å². The predicted molar refractivity (Wildman–Crippen MR) is 96.2 cm³/mol. The molecule has 6 heteroatoms. The molecule has 26 heavy (non-hydrogen) atoms. The highest BCUT2D eigenvalue weighted by molar-refractivity contribution is 5.58. The van der Waals surface area contributed by atoms with Crippen LogP contribution in [0.4, 0.5) is 0 Å². The standard InChI is InChI=1S/C20H17N5O/c1-15-23-24-20(18-7-2-5-16(11-18)13-21)25(15)9-4-10-26-19-8-3-6-17(12-19)14-22/h2-3,5-8,11-12H,4,9-10H2,1H3. The highest BCUT2D eigenvalue weighted by Gasteiger charge is 2.11. The molecule has 0 saturated heterocycles. The molecule has 0 atom stereocenters. The molecule has 0 unspecified atom stereocenters. The monoisotopic (exact) mass is 343 g/mol. The third kappa shape index (κ3) is 3.88. The molecule has 128 valence electrons. The van der Waals surface area contributed by atoms with Gasteiger partial charge in [-0.05, 0) is 43.7 Å². The quantitative estimate of drug-likeness (QED) is 0.640. The summed E-state index contributed by atoms with van der Waals surface area (Å²) in [5.74, 6) is 2.24. The number of aryl methyl sites for hydroxylation is 1. The maximum atomic E-state index is 9.07. The van der Waals surface area contributed by atoms with Crippen LogP contribution in [-0.2, 0) is 6.54 Å². The Kier molecular flexibility index (Phi) is 5.26. The molecule has 0 aliphatic carbocycles. The van der Waals surface area contributed by atoms with Crippen LogP contribution in [0.5, 0.6) is 5.75 Å². The summed E-state index contributed by atoms with van der Waals surface area (Å²) < 4.78 is 7.74. The molecular formula is C20H17N5O. The van der Waals surface area contributed by atoms with E-state index in [2.05, 4.69) is 22.3 Å². The molecule has 1 heterocycles. The van der Waals surface area contributed by atoms with E-state index in [-0.39, 0.29) is 0 Å². The maximum absolute atomic E-state index is 9.07. The molecule has 0 aliphatic rings. The van der Waals surface area contributed by atoms with Gasteiger partial charge < -0.3 is 9.30 Å². The summed E-state index contributed by atoms with van der Waals surface area (Å²) in [6, 6.07) is 18.7. The number of ether oxygens (including phenoxy) is 1. The van der Waals surface area contributed by atoms with Crippen LogP contribution in [0.25, 0.3) is 11.4 Å². The SMILES string of the molecule is Cc1nnc(-c2cccc(C#N)c2)n1CCCOc1cccc(C#N)c1. The number of benzene rings is 2. The Balaban J connectivity index is 1.66. The lowest BCUT2D eigenvalue weighted by Gasteiger charge is -2.10. The number of hydrogen-bond donors (Lipinski definition) is 0. The van der Waals surface area contributed by atoms with Crippen LogP contribution < -0.4 is 4.74 Å². The van der Waals surface area contributed by atoms with Crippen molar-refractivity contribution < 1.29 is 4.74 Å². The summed E-state index contributed by atoms with van der Waals surface area (Å²) >= 11 is 0. The minimum atomic E-state index is 0.518. The Morgan fingerprint density at radius 1 is 1.00 bits per heavy atom. The molecule has 0 radical (unpaired) electrons. The maximum Gasteiger partial charge on any atom is 0.163 e. The third-order valence-electron chi connectivity index (χ3n) is 3.94. The van der Waals surface area contributed by atoms with Gasteiger partial charge in [0.2, 0.25) is 0 Å². The van der Waals surface area contributed by atoms with E-state index in [1.165, 1.54) is 0 Å². The molecule has 3 aromatic rings. The first-order valence-electron chi connectivity index (χ1n) is 8.24. The molecule has 1 aromatic heterocycles. The van der Waals surface area contributed by atoms with Gasteiger partial charge in [-0.3, -0.25) is 0 Å². The van der Waals surface area contributed by atoms with Crippen LogP contribution in [0.15, 0.2) is 48.5 Å². The summed E-state index contributed by atoms with van der Waals surface area (Å²) in [4.78, 5) is 0. The topological polar surface area (TPSA) is 87.5 Å². The van der Waals surface area contributed by atoms with E-state index >= 15 is 0 Å². The number of hydrogen-bond acceptors (Lipinski definition) is 5. The highest BCUT2D eigenvalue weighted by atomic mass is 16.5. The van der Waals surface area contributed by atoms with Gasteiger partial charge in [-0.15, -0.1) is 10.2 Å². The van der Waals surface area contributed by atoms with Crippen molar-refractivity contribution in [3.8, 4) is 29.3 Å². The average molecular weight is 343 g/mol. The second-order valence-corrected chi connectivity index (χ2v) is 5.76. The predicted octanol–water partition coefficient (Wildman–Crippen LogP) is 3.47. The van der Waals surface area contributed by atoms with Crippen molar-refractivity contribution in [1.82, 2.24) is 14.8 Å². The number of nitrogens with zero attached hydrogens (tertiary/aromatic N) is 5. The number of rotatable bonds is 6. The largest absolute Gasteiger partial charge is 0.493 e. The molecule has 0 N–H and O–H groups in total. The fourth-order valence-electron chi connectivity index (χ4n) is 2.66. The van der Waals surface area contributed by atoms with Crippen molar-refractivity contribution in [3.63, 3.8) is 0 Å². The van der Waals surface area contributed by atoms with E-state index in [1.54, 1.807) is 24.3 Å². The van der Waals surface area contributed by atoms with Crippen LogP contribution in [-0.4, -0.2) is 21.4 Å². The van der Waals surface area contributed by atoms with Gasteiger partial charge in [-0.25, -0.2) is 0 Å². The lowest BCUT2D eigenvalue weighted by atomic mass is 10.1. The van der Waals surface area contributed by atoms with Crippen LogP contribution in [0.3, 0.4) is 0 Å². The van der Waals surface area contributed by atoms with Gasteiger partial charge in [0.05, 0.1) is 29.9 Å². The second-order valence-electron chi connectivity index (χ2n) is 5.76. The second kappa shape index (κ2) is 7.96. The zero-order valence-electron chi connectivity index (χ0n) is 14.4. The molecule has 0 spiro atoms. The van der Waals surface area contributed by atoms with Crippen LogP contribution >= 0.6 is 0 Å². The smallest absolute Gasteiger partial charge is 0.163 e. The van der Waals surface area contributed by atoms with Crippen molar-refractivity contribution in [2.24, 2.45) is 0 Å². The average Bonchev–Trinajstić information content (AvgIpc) is 3.06. The van der Waals surface area contributed by atoms with E-state index in [9.17, 15) is 0 Å². The Hall–Kier alpha value is -3.64. The van der Waals surface area contributed by atoms with E-state index in [4.69, 9.17) is 15.3 Å². The fraction of sp³-hybridized carbons (Fsp3) is 0.200. The summed E-state index contributed by atoms with van der Waals surface area (Å²) in [6.07, 6.45) is 0.764. The molecular weight excluding hydrogens is 326 g/mol. The van der Waals surface area contributed by atoms with Crippen LogP contribution in [0, 0.1) is 29.6 Å². The fourth-order valence-corrected chi connectivity index (χ4v) is 2.66. The summed E-state index contributed by atoms with van der Waals surface area (Å²) in [5, 5.41) is 26.4. The highest BCUT2D eigenvalue weighted by Crippen LogP contribution is 2.20. The molecule has 3 rings (SSSR count). The molecule has 6 nitrogen and oxygen atoms in total. The summed E-state index contributed by atoms with van der Waals surface area (Å²) in [6.45, 7) is 3.12. The Morgan fingerprint density at radius 2 is 1.73 bits per heavy atom. The summed E-state index contributed by atoms with van der Waals surface area (Å²) in [7, 11) is 0. The number of nitriles is 2. The Morgan fingerprint density at radius 3 is 2.50 bits per heavy atom. The molecule has 0 amide bonds. The Labute approximate surface area is 151 Å². The van der Waals surface area contributed by atoms with Gasteiger partial charge in [0.15, 0.2) is 5.82 Å². The molecule has 0 aliphatic heterocycles. The van der Waals surface area contributed by atoms with E-state index in [0.29, 0.717) is 30.0 Å². The van der Waals surface area contributed by atoms with Crippen molar-refractivity contribution in [3.05, 3.63) is 65.5 Å². The minimum Gasteiger partial charge on any atom is -0.493 e. The van der Waals surface area contributed by atoms with Gasteiger partial charge >= 0.3 is 0 Å². The van der Waals surface area contributed by atoms with Gasteiger partial charge in [-0.1, -0.05) is 18.2 Å². The normalized spacial score (nSPS) is 10.1. The lowest BCUT2D eigenvalue weighted by molar-refractivity contribution is 0.301. The van der Waals surface area contributed by atoms with Crippen LogP contribution in [0.1, 0.15) is 23.4 Å². The van der Waals surface area contributed by atoms with E-state index < -0.39 is 0 Å². The van der Waals surface area contributed by atoms with Gasteiger partial charge in [-0.2, -0.15) is 10.5 Å². The molecule has 0 fully saturated rings. The first-order chi connectivity index (χ1) is 12.7. The lowest BCUT2D eigenvalue weighted by Crippen LogP contribution is -2.07. The van der Waals surface area contributed by atoms with Crippen LogP contribution in [0.2, 0.25) is 0 Å². The number of aromatic nitrogens is 3. The van der Waals surface area contributed by atoms with E-state index in [0.717, 1.165) is 23.6 Å². The Bertz CT molecular complexity index is 994.